The molecule has 1 aliphatic rings. The van der Waals surface area contributed by atoms with Gasteiger partial charge < -0.3 is 4.52 Å². The Morgan fingerprint density at radius 1 is 1.31 bits per heavy atom. The molecular formula is C12H11FN2O. The van der Waals surface area contributed by atoms with Crippen LogP contribution in [0.2, 0.25) is 0 Å². The van der Waals surface area contributed by atoms with Gasteiger partial charge in [-0.3, -0.25) is 0 Å². The van der Waals surface area contributed by atoms with E-state index in [0.717, 1.165) is 12.8 Å². The largest absolute Gasteiger partial charge is 0.339 e. The molecule has 1 fully saturated rings. The van der Waals surface area contributed by atoms with Gasteiger partial charge in [-0.25, -0.2) is 4.39 Å². The second-order valence-corrected chi connectivity index (χ2v) is 4.09. The maximum atomic E-state index is 13.0. The van der Waals surface area contributed by atoms with E-state index in [9.17, 15) is 4.39 Å². The third kappa shape index (κ3) is 1.60. The van der Waals surface area contributed by atoms with E-state index in [1.807, 2.05) is 0 Å². The summed E-state index contributed by atoms with van der Waals surface area (Å²) in [5, 5.41) is 3.88. The summed E-state index contributed by atoms with van der Waals surface area (Å²) in [5.41, 5.74) is 0.661. The fourth-order valence-corrected chi connectivity index (χ4v) is 1.80. The summed E-state index contributed by atoms with van der Waals surface area (Å²) < 4.78 is 18.2. The molecule has 82 valence electrons. The van der Waals surface area contributed by atoms with Gasteiger partial charge in [0.1, 0.15) is 5.82 Å². The molecule has 2 aromatic rings. The minimum Gasteiger partial charge on any atom is -0.339 e. The quantitative estimate of drug-likeness (QED) is 0.777. The van der Waals surface area contributed by atoms with Crippen molar-refractivity contribution in [1.82, 2.24) is 10.1 Å². The Hall–Kier alpha value is -1.71. The van der Waals surface area contributed by atoms with Gasteiger partial charge >= 0.3 is 0 Å². The van der Waals surface area contributed by atoms with Gasteiger partial charge in [-0.2, -0.15) is 4.98 Å². The number of hydrogen-bond acceptors (Lipinski definition) is 3. The highest BCUT2D eigenvalue weighted by molar-refractivity contribution is 5.53. The van der Waals surface area contributed by atoms with Crippen molar-refractivity contribution in [3.05, 3.63) is 36.0 Å². The summed E-state index contributed by atoms with van der Waals surface area (Å²) in [6.07, 6.45) is 3.46. The van der Waals surface area contributed by atoms with Gasteiger partial charge in [-0.15, -0.1) is 0 Å². The lowest BCUT2D eigenvalue weighted by molar-refractivity contribution is 0.292. The zero-order chi connectivity index (χ0) is 11.0. The van der Waals surface area contributed by atoms with E-state index < -0.39 is 0 Å². The van der Waals surface area contributed by atoms with Crippen LogP contribution in [0.1, 0.15) is 31.1 Å². The van der Waals surface area contributed by atoms with E-state index in [0.29, 0.717) is 23.2 Å². The van der Waals surface area contributed by atoms with E-state index in [4.69, 9.17) is 4.52 Å². The molecule has 0 aliphatic heterocycles. The Kier molecular flexibility index (Phi) is 2.20. The number of nitrogens with zero attached hydrogens (tertiary/aromatic N) is 2. The van der Waals surface area contributed by atoms with Crippen molar-refractivity contribution in [3.63, 3.8) is 0 Å². The van der Waals surface area contributed by atoms with Gasteiger partial charge in [0, 0.05) is 11.5 Å². The molecule has 16 heavy (non-hydrogen) atoms. The summed E-state index contributed by atoms with van der Waals surface area (Å²) in [6.45, 7) is 0. The molecule has 0 N–H and O–H groups in total. The SMILES string of the molecule is Fc1cccc(-c2noc(C3CCC3)n2)c1. The van der Waals surface area contributed by atoms with Gasteiger partial charge in [-0.1, -0.05) is 23.7 Å². The number of halogens is 1. The van der Waals surface area contributed by atoms with Crippen LogP contribution in [0.25, 0.3) is 11.4 Å². The normalized spacial score (nSPS) is 16.1. The summed E-state index contributed by atoms with van der Waals surface area (Å²) >= 11 is 0. The lowest BCUT2D eigenvalue weighted by Gasteiger charge is -2.20. The first-order chi connectivity index (χ1) is 7.83. The maximum Gasteiger partial charge on any atom is 0.230 e. The van der Waals surface area contributed by atoms with Crippen LogP contribution >= 0.6 is 0 Å². The molecule has 3 nitrogen and oxygen atoms in total. The van der Waals surface area contributed by atoms with Crippen LogP contribution in [0.4, 0.5) is 4.39 Å². The predicted octanol–water partition coefficient (Wildman–Crippen LogP) is 3.14. The third-order valence-electron chi connectivity index (χ3n) is 2.98. The smallest absolute Gasteiger partial charge is 0.230 e. The minimum atomic E-state index is -0.285. The second kappa shape index (κ2) is 3.70. The van der Waals surface area contributed by atoms with Crippen LogP contribution in [0.15, 0.2) is 28.8 Å². The van der Waals surface area contributed by atoms with E-state index in [1.54, 1.807) is 12.1 Å². The number of rotatable bonds is 2. The van der Waals surface area contributed by atoms with Gasteiger partial charge in [-0.05, 0) is 25.0 Å². The van der Waals surface area contributed by atoms with Gasteiger partial charge in [0.05, 0.1) is 0 Å². The highest BCUT2D eigenvalue weighted by Crippen LogP contribution is 2.35. The van der Waals surface area contributed by atoms with Gasteiger partial charge in [0.15, 0.2) is 0 Å². The highest BCUT2D eigenvalue weighted by Gasteiger charge is 2.25. The topological polar surface area (TPSA) is 38.9 Å². The van der Waals surface area contributed by atoms with Crippen LogP contribution in [0.3, 0.4) is 0 Å². The van der Waals surface area contributed by atoms with E-state index >= 15 is 0 Å². The van der Waals surface area contributed by atoms with Crippen molar-refractivity contribution in [2.45, 2.75) is 25.2 Å². The van der Waals surface area contributed by atoms with Crippen molar-refractivity contribution in [1.29, 1.82) is 0 Å². The average molecular weight is 218 g/mol. The Balaban J connectivity index is 1.91. The summed E-state index contributed by atoms with van der Waals surface area (Å²) in [4.78, 5) is 4.30. The van der Waals surface area contributed by atoms with E-state index in [2.05, 4.69) is 10.1 Å². The first kappa shape index (κ1) is 9.51. The molecule has 0 spiro atoms. The zero-order valence-electron chi connectivity index (χ0n) is 8.69. The second-order valence-electron chi connectivity index (χ2n) is 4.09. The summed E-state index contributed by atoms with van der Waals surface area (Å²) in [5.74, 6) is 1.29. The molecule has 0 radical (unpaired) electrons. The molecule has 3 rings (SSSR count). The highest BCUT2D eigenvalue weighted by atomic mass is 19.1. The van der Waals surface area contributed by atoms with Gasteiger partial charge in [0.2, 0.25) is 11.7 Å². The third-order valence-corrected chi connectivity index (χ3v) is 2.98. The lowest BCUT2D eigenvalue weighted by Crippen LogP contribution is -2.08. The molecule has 1 aromatic carbocycles. The van der Waals surface area contributed by atoms with Crippen LogP contribution in [0, 0.1) is 5.82 Å². The molecule has 0 unspecified atom stereocenters. The monoisotopic (exact) mass is 218 g/mol. The maximum absolute atomic E-state index is 13.0. The fourth-order valence-electron chi connectivity index (χ4n) is 1.80. The minimum absolute atomic E-state index is 0.285. The fraction of sp³-hybridized carbons (Fsp3) is 0.333. The average Bonchev–Trinajstić information content (AvgIpc) is 2.64. The molecule has 1 saturated carbocycles. The number of aromatic nitrogens is 2. The molecule has 1 heterocycles. The van der Waals surface area contributed by atoms with Crippen molar-refractivity contribution in [2.75, 3.05) is 0 Å². The Bertz CT molecular complexity index is 505. The van der Waals surface area contributed by atoms with Crippen LogP contribution in [-0.2, 0) is 0 Å². The Morgan fingerprint density at radius 3 is 2.88 bits per heavy atom. The van der Waals surface area contributed by atoms with Crippen LogP contribution in [-0.4, -0.2) is 10.1 Å². The van der Waals surface area contributed by atoms with E-state index in [-0.39, 0.29) is 5.82 Å². The molecule has 4 heteroatoms. The van der Waals surface area contributed by atoms with E-state index in [1.165, 1.54) is 18.6 Å². The van der Waals surface area contributed by atoms with Crippen LogP contribution < -0.4 is 0 Å². The molecule has 0 atom stereocenters. The summed E-state index contributed by atoms with van der Waals surface area (Å²) in [7, 11) is 0. The standard InChI is InChI=1S/C12H11FN2O/c13-10-6-2-5-9(7-10)11-14-12(16-15-11)8-3-1-4-8/h2,5-8H,1,3-4H2. The molecule has 0 saturated heterocycles. The number of hydrogen-bond donors (Lipinski definition) is 0. The molecule has 1 aliphatic carbocycles. The van der Waals surface area contributed by atoms with Gasteiger partial charge in [0.25, 0.3) is 0 Å². The number of benzene rings is 1. The zero-order valence-corrected chi connectivity index (χ0v) is 8.69. The van der Waals surface area contributed by atoms with Crippen molar-refractivity contribution in [2.24, 2.45) is 0 Å². The Morgan fingerprint density at radius 2 is 2.19 bits per heavy atom. The Labute approximate surface area is 92.3 Å². The van der Waals surface area contributed by atoms with Crippen molar-refractivity contribution >= 4 is 0 Å². The molecule has 0 bridgehead atoms. The first-order valence-corrected chi connectivity index (χ1v) is 5.42. The lowest BCUT2D eigenvalue weighted by atomic mass is 9.85. The van der Waals surface area contributed by atoms with Crippen LogP contribution in [0.5, 0.6) is 0 Å². The summed E-state index contributed by atoms with van der Waals surface area (Å²) in [6, 6.07) is 6.23. The molecule has 1 aromatic heterocycles. The molecular weight excluding hydrogens is 207 g/mol. The first-order valence-electron chi connectivity index (χ1n) is 5.42. The predicted molar refractivity (Wildman–Crippen MR) is 56.3 cm³/mol. The van der Waals surface area contributed by atoms with Crippen molar-refractivity contribution < 1.29 is 8.91 Å². The van der Waals surface area contributed by atoms with Crippen molar-refractivity contribution in [3.8, 4) is 11.4 Å². The molecule has 0 amide bonds.